The molecule has 2 N–H and O–H groups in total. The third-order valence-electron chi connectivity index (χ3n) is 3.84. The lowest BCUT2D eigenvalue weighted by atomic mass is 9.78. The van der Waals surface area contributed by atoms with Crippen molar-refractivity contribution >= 4 is 17.8 Å². The van der Waals surface area contributed by atoms with E-state index in [1.165, 1.54) is 7.11 Å². The van der Waals surface area contributed by atoms with E-state index in [1.54, 1.807) is 13.8 Å². The fraction of sp³-hybridized carbons (Fsp3) is 0.786. The monoisotopic (exact) mass is 285 g/mol. The van der Waals surface area contributed by atoms with Gasteiger partial charge in [-0.15, -0.1) is 0 Å². The highest BCUT2D eigenvalue weighted by molar-refractivity contribution is 5.88. The SMILES string of the molecule is COC(=O)C(NC(=O)C1CCCCC1C(=O)O)C(C)C. The number of ether oxygens (including phenoxy) is 1. The second kappa shape index (κ2) is 7.26. The number of carboxylic acid groups (broad SMARTS) is 1. The van der Waals surface area contributed by atoms with E-state index >= 15 is 0 Å². The largest absolute Gasteiger partial charge is 0.481 e. The number of aliphatic carboxylic acids is 1. The molecule has 1 saturated carbocycles. The zero-order chi connectivity index (χ0) is 15.3. The van der Waals surface area contributed by atoms with Crippen molar-refractivity contribution in [3.8, 4) is 0 Å². The van der Waals surface area contributed by atoms with E-state index < -0.39 is 29.8 Å². The third kappa shape index (κ3) is 3.95. The van der Waals surface area contributed by atoms with Gasteiger partial charge in [0.05, 0.1) is 18.9 Å². The first-order chi connectivity index (χ1) is 9.38. The van der Waals surface area contributed by atoms with Crippen LogP contribution < -0.4 is 5.32 Å². The molecule has 0 heterocycles. The lowest BCUT2D eigenvalue weighted by molar-refractivity contribution is -0.151. The molecular weight excluding hydrogens is 262 g/mol. The van der Waals surface area contributed by atoms with Crippen LogP contribution in [-0.4, -0.2) is 36.1 Å². The predicted octanol–water partition coefficient (Wildman–Crippen LogP) is 1.19. The van der Waals surface area contributed by atoms with Crippen LogP contribution >= 0.6 is 0 Å². The van der Waals surface area contributed by atoms with Crippen LogP contribution in [-0.2, 0) is 19.1 Å². The summed E-state index contributed by atoms with van der Waals surface area (Å²) in [6, 6.07) is -0.733. The Bertz CT molecular complexity index is 380. The van der Waals surface area contributed by atoms with Crippen molar-refractivity contribution in [2.24, 2.45) is 17.8 Å². The van der Waals surface area contributed by atoms with Crippen LogP contribution in [0.15, 0.2) is 0 Å². The molecule has 0 aromatic heterocycles. The van der Waals surface area contributed by atoms with Gasteiger partial charge in [-0.2, -0.15) is 0 Å². The first-order valence-corrected chi connectivity index (χ1v) is 6.99. The molecule has 0 spiro atoms. The molecule has 0 radical (unpaired) electrons. The van der Waals surface area contributed by atoms with Gasteiger partial charge in [0.1, 0.15) is 6.04 Å². The first-order valence-electron chi connectivity index (χ1n) is 6.99. The van der Waals surface area contributed by atoms with Crippen molar-refractivity contribution < 1.29 is 24.2 Å². The van der Waals surface area contributed by atoms with Gasteiger partial charge in [-0.05, 0) is 18.8 Å². The van der Waals surface area contributed by atoms with Gasteiger partial charge < -0.3 is 15.2 Å². The summed E-state index contributed by atoms with van der Waals surface area (Å²) in [6.07, 6.45) is 2.73. The second-order valence-corrected chi connectivity index (χ2v) is 5.59. The Morgan fingerprint density at radius 1 is 1.15 bits per heavy atom. The minimum absolute atomic E-state index is 0.113. The lowest BCUT2D eigenvalue weighted by Gasteiger charge is -2.29. The Morgan fingerprint density at radius 2 is 1.70 bits per heavy atom. The molecular formula is C14H23NO5. The lowest BCUT2D eigenvalue weighted by Crippen LogP contribution is -2.49. The maximum atomic E-state index is 12.3. The van der Waals surface area contributed by atoms with E-state index in [9.17, 15) is 19.5 Å². The van der Waals surface area contributed by atoms with E-state index in [4.69, 9.17) is 0 Å². The molecule has 1 fully saturated rings. The summed E-state index contributed by atoms with van der Waals surface area (Å²) in [6.45, 7) is 3.61. The molecule has 3 unspecified atom stereocenters. The Balaban J connectivity index is 2.76. The molecule has 0 saturated heterocycles. The molecule has 0 aliphatic heterocycles. The standard InChI is InChI=1S/C14H23NO5/c1-8(2)11(14(19)20-3)15-12(16)9-6-4-5-7-10(9)13(17)18/h8-11H,4-7H2,1-3H3,(H,15,16)(H,17,18). The van der Waals surface area contributed by atoms with Gasteiger partial charge in [0, 0.05) is 0 Å². The highest BCUT2D eigenvalue weighted by Crippen LogP contribution is 2.30. The number of hydrogen-bond acceptors (Lipinski definition) is 4. The van der Waals surface area contributed by atoms with Crippen LogP contribution in [0, 0.1) is 17.8 Å². The molecule has 6 nitrogen and oxygen atoms in total. The fourth-order valence-corrected chi connectivity index (χ4v) is 2.63. The average Bonchev–Trinajstić information content (AvgIpc) is 2.43. The number of methoxy groups -OCH3 is 1. The number of nitrogens with one attached hydrogen (secondary N) is 1. The van der Waals surface area contributed by atoms with E-state index in [1.807, 2.05) is 0 Å². The minimum atomic E-state index is -0.941. The van der Waals surface area contributed by atoms with Crippen LogP contribution in [0.5, 0.6) is 0 Å². The van der Waals surface area contributed by atoms with Crippen LogP contribution in [0.1, 0.15) is 39.5 Å². The van der Waals surface area contributed by atoms with E-state index in [0.717, 1.165) is 12.8 Å². The molecule has 1 rings (SSSR count). The highest BCUT2D eigenvalue weighted by atomic mass is 16.5. The smallest absolute Gasteiger partial charge is 0.328 e. The summed E-state index contributed by atoms with van der Waals surface area (Å²) in [7, 11) is 1.27. The Kier molecular flexibility index (Phi) is 5.98. The first kappa shape index (κ1) is 16.5. The van der Waals surface area contributed by atoms with Gasteiger partial charge in [0.2, 0.25) is 5.91 Å². The number of rotatable bonds is 5. The quantitative estimate of drug-likeness (QED) is 0.740. The normalized spacial score (nSPS) is 24.0. The minimum Gasteiger partial charge on any atom is -0.481 e. The molecule has 1 aliphatic rings. The molecule has 0 aromatic carbocycles. The van der Waals surface area contributed by atoms with Crippen molar-refractivity contribution in [1.82, 2.24) is 5.32 Å². The molecule has 1 amide bonds. The number of hydrogen-bond donors (Lipinski definition) is 2. The predicted molar refractivity (Wildman–Crippen MR) is 71.9 cm³/mol. The molecule has 1 aliphatic carbocycles. The van der Waals surface area contributed by atoms with Crippen molar-refractivity contribution in [2.75, 3.05) is 7.11 Å². The number of carbonyl (C=O) groups excluding carboxylic acids is 2. The van der Waals surface area contributed by atoms with E-state index in [-0.39, 0.29) is 11.8 Å². The van der Waals surface area contributed by atoms with Gasteiger partial charge in [0.25, 0.3) is 0 Å². The van der Waals surface area contributed by atoms with Gasteiger partial charge in [0.15, 0.2) is 0 Å². The summed E-state index contributed by atoms with van der Waals surface area (Å²) in [5.41, 5.74) is 0. The van der Waals surface area contributed by atoms with Crippen LogP contribution in [0.25, 0.3) is 0 Å². The Hall–Kier alpha value is -1.59. The summed E-state index contributed by atoms with van der Waals surface area (Å²) in [5, 5.41) is 11.8. The Labute approximate surface area is 118 Å². The number of amides is 1. The zero-order valence-corrected chi connectivity index (χ0v) is 12.2. The number of carboxylic acids is 1. The molecule has 114 valence electrons. The Morgan fingerprint density at radius 3 is 2.15 bits per heavy atom. The summed E-state index contributed by atoms with van der Waals surface area (Å²) in [5.74, 6) is -3.14. The van der Waals surface area contributed by atoms with Crippen LogP contribution in [0.2, 0.25) is 0 Å². The molecule has 3 atom stereocenters. The molecule has 0 bridgehead atoms. The molecule has 6 heteroatoms. The maximum Gasteiger partial charge on any atom is 0.328 e. The summed E-state index contributed by atoms with van der Waals surface area (Å²) < 4.78 is 4.67. The second-order valence-electron chi connectivity index (χ2n) is 5.59. The van der Waals surface area contributed by atoms with Crippen molar-refractivity contribution in [3.63, 3.8) is 0 Å². The van der Waals surface area contributed by atoms with E-state index in [0.29, 0.717) is 12.8 Å². The van der Waals surface area contributed by atoms with Gasteiger partial charge in [-0.3, -0.25) is 9.59 Å². The van der Waals surface area contributed by atoms with Crippen LogP contribution in [0.4, 0.5) is 0 Å². The fourth-order valence-electron chi connectivity index (χ4n) is 2.63. The van der Waals surface area contributed by atoms with Crippen molar-refractivity contribution in [3.05, 3.63) is 0 Å². The van der Waals surface area contributed by atoms with E-state index in [2.05, 4.69) is 10.1 Å². The topological polar surface area (TPSA) is 92.7 Å². The highest BCUT2D eigenvalue weighted by Gasteiger charge is 2.37. The zero-order valence-electron chi connectivity index (χ0n) is 12.2. The average molecular weight is 285 g/mol. The van der Waals surface area contributed by atoms with Crippen molar-refractivity contribution in [2.45, 2.75) is 45.6 Å². The third-order valence-corrected chi connectivity index (χ3v) is 3.84. The summed E-state index contributed by atoms with van der Waals surface area (Å²) >= 11 is 0. The number of carbonyl (C=O) groups is 3. The molecule has 0 aromatic rings. The number of esters is 1. The van der Waals surface area contributed by atoms with Crippen molar-refractivity contribution in [1.29, 1.82) is 0 Å². The summed E-state index contributed by atoms with van der Waals surface area (Å²) in [4.78, 5) is 35.1. The van der Waals surface area contributed by atoms with Gasteiger partial charge in [-0.25, -0.2) is 4.79 Å². The van der Waals surface area contributed by atoms with Crippen LogP contribution in [0.3, 0.4) is 0 Å². The van der Waals surface area contributed by atoms with Gasteiger partial charge in [-0.1, -0.05) is 26.7 Å². The van der Waals surface area contributed by atoms with Gasteiger partial charge >= 0.3 is 11.9 Å². The molecule has 20 heavy (non-hydrogen) atoms. The maximum absolute atomic E-state index is 12.3.